The summed E-state index contributed by atoms with van der Waals surface area (Å²) in [6.45, 7) is 3.55. The van der Waals surface area contributed by atoms with Crippen LogP contribution in [0.4, 0.5) is 10.5 Å². The van der Waals surface area contributed by atoms with Gasteiger partial charge in [-0.3, -0.25) is 0 Å². The van der Waals surface area contributed by atoms with E-state index in [-0.39, 0.29) is 18.7 Å². The summed E-state index contributed by atoms with van der Waals surface area (Å²) in [5.41, 5.74) is 0.690. The summed E-state index contributed by atoms with van der Waals surface area (Å²) >= 11 is 0. The monoisotopic (exact) mass is 340 g/mol. The van der Waals surface area contributed by atoms with Crippen molar-refractivity contribution >= 4 is 11.7 Å². The first-order valence-corrected chi connectivity index (χ1v) is 8.06. The summed E-state index contributed by atoms with van der Waals surface area (Å²) in [5.74, 6) is 4.64. The molecule has 1 saturated heterocycles. The van der Waals surface area contributed by atoms with Crippen LogP contribution in [-0.2, 0) is 4.74 Å². The highest BCUT2D eigenvalue weighted by Gasteiger charge is 2.27. The molecule has 0 spiro atoms. The van der Waals surface area contributed by atoms with Gasteiger partial charge in [0.15, 0.2) is 0 Å². The number of carbonyl (C=O) groups is 1. The lowest BCUT2D eigenvalue weighted by Crippen LogP contribution is -2.44. The van der Waals surface area contributed by atoms with Crippen LogP contribution in [0, 0.1) is 19.3 Å². The molecule has 0 unspecified atom stereocenters. The van der Waals surface area contributed by atoms with E-state index in [0.29, 0.717) is 31.1 Å². The topological polar surface area (TPSA) is 63.9 Å². The average molecular weight is 340 g/mol. The SMILES string of the molecule is C#CCOc1ccc(NC(=O)N2CCO[C@@H](c3ccc(C)o3)C2)cc1. The molecule has 0 bridgehead atoms. The van der Waals surface area contributed by atoms with Crippen LogP contribution in [0.5, 0.6) is 5.75 Å². The highest BCUT2D eigenvalue weighted by Crippen LogP contribution is 2.24. The number of urea groups is 1. The second kappa shape index (κ2) is 7.77. The Labute approximate surface area is 146 Å². The van der Waals surface area contributed by atoms with Gasteiger partial charge in [-0.1, -0.05) is 5.92 Å². The lowest BCUT2D eigenvalue weighted by atomic mass is 10.2. The molecule has 1 N–H and O–H groups in total. The van der Waals surface area contributed by atoms with Gasteiger partial charge in [-0.15, -0.1) is 6.42 Å². The Morgan fingerprint density at radius 3 is 2.84 bits per heavy atom. The summed E-state index contributed by atoms with van der Waals surface area (Å²) in [6.07, 6.45) is 4.91. The molecule has 1 atom stereocenters. The second-order valence-electron chi connectivity index (χ2n) is 5.70. The molecule has 0 radical (unpaired) electrons. The Balaban J connectivity index is 1.58. The smallest absolute Gasteiger partial charge is 0.322 e. The van der Waals surface area contributed by atoms with Crippen LogP contribution in [0.15, 0.2) is 40.8 Å². The third-order valence-corrected chi connectivity index (χ3v) is 3.86. The number of rotatable bonds is 4. The molecule has 2 heterocycles. The highest BCUT2D eigenvalue weighted by molar-refractivity contribution is 5.89. The van der Waals surface area contributed by atoms with Gasteiger partial charge in [0.2, 0.25) is 0 Å². The molecule has 1 fully saturated rings. The van der Waals surface area contributed by atoms with Crippen molar-refractivity contribution in [1.82, 2.24) is 4.90 Å². The number of terminal acetylenes is 1. The van der Waals surface area contributed by atoms with Crippen molar-refractivity contribution in [2.75, 3.05) is 31.6 Å². The second-order valence-corrected chi connectivity index (χ2v) is 5.70. The Hall–Kier alpha value is -2.91. The fraction of sp³-hybridized carbons (Fsp3) is 0.316. The minimum Gasteiger partial charge on any atom is -0.481 e. The Kier molecular flexibility index (Phi) is 5.26. The molecule has 25 heavy (non-hydrogen) atoms. The normalized spacial score (nSPS) is 17.0. The Bertz CT molecular complexity index is 760. The highest BCUT2D eigenvalue weighted by atomic mass is 16.5. The molecule has 130 valence electrons. The van der Waals surface area contributed by atoms with Crippen molar-refractivity contribution in [3.05, 3.63) is 47.9 Å². The maximum atomic E-state index is 12.5. The predicted molar refractivity (Wildman–Crippen MR) is 93.5 cm³/mol. The van der Waals surface area contributed by atoms with E-state index in [1.165, 1.54) is 0 Å². The maximum absolute atomic E-state index is 12.5. The van der Waals surface area contributed by atoms with Crippen LogP contribution in [-0.4, -0.2) is 37.2 Å². The Morgan fingerprint density at radius 2 is 2.16 bits per heavy atom. The van der Waals surface area contributed by atoms with Crippen molar-refractivity contribution in [2.45, 2.75) is 13.0 Å². The number of nitrogens with zero attached hydrogens (tertiary/aromatic N) is 1. The number of hydrogen-bond acceptors (Lipinski definition) is 4. The van der Waals surface area contributed by atoms with Crippen LogP contribution in [0.25, 0.3) is 0 Å². The number of nitrogens with one attached hydrogen (secondary N) is 1. The van der Waals surface area contributed by atoms with Gasteiger partial charge in [0.25, 0.3) is 0 Å². The molecule has 2 aromatic rings. The van der Waals surface area contributed by atoms with Gasteiger partial charge >= 0.3 is 6.03 Å². The van der Waals surface area contributed by atoms with Gasteiger partial charge < -0.3 is 24.1 Å². The lowest BCUT2D eigenvalue weighted by Gasteiger charge is -2.32. The fourth-order valence-electron chi connectivity index (χ4n) is 2.59. The van der Waals surface area contributed by atoms with Crippen molar-refractivity contribution < 1.29 is 18.7 Å². The molecule has 1 aliphatic rings. The van der Waals surface area contributed by atoms with Gasteiger partial charge in [-0.25, -0.2) is 4.79 Å². The third-order valence-electron chi connectivity index (χ3n) is 3.86. The molecule has 1 aromatic carbocycles. The number of hydrogen-bond donors (Lipinski definition) is 1. The third kappa shape index (κ3) is 4.34. The summed E-state index contributed by atoms with van der Waals surface area (Å²) < 4.78 is 16.6. The number of ether oxygens (including phenoxy) is 2. The van der Waals surface area contributed by atoms with Crippen LogP contribution in [0.2, 0.25) is 0 Å². The number of anilines is 1. The zero-order valence-electron chi connectivity index (χ0n) is 14.0. The van der Waals surface area contributed by atoms with Crippen LogP contribution >= 0.6 is 0 Å². The van der Waals surface area contributed by atoms with E-state index in [9.17, 15) is 4.79 Å². The largest absolute Gasteiger partial charge is 0.481 e. The number of morpholine rings is 1. The molecular weight excluding hydrogens is 320 g/mol. The van der Waals surface area contributed by atoms with E-state index in [4.69, 9.17) is 20.3 Å². The molecule has 0 saturated carbocycles. The maximum Gasteiger partial charge on any atom is 0.322 e. The van der Waals surface area contributed by atoms with Crippen molar-refractivity contribution in [3.8, 4) is 18.1 Å². The summed E-state index contributed by atoms with van der Waals surface area (Å²) in [5, 5.41) is 2.88. The van der Waals surface area contributed by atoms with E-state index in [0.717, 1.165) is 11.5 Å². The molecule has 2 amide bonds. The number of amides is 2. The fourth-order valence-corrected chi connectivity index (χ4v) is 2.59. The first kappa shape index (κ1) is 16.9. The van der Waals surface area contributed by atoms with Crippen molar-refractivity contribution in [2.24, 2.45) is 0 Å². The van der Waals surface area contributed by atoms with E-state index in [1.807, 2.05) is 19.1 Å². The Morgan fingerprint density at radius 1 is 1.36 bits per heavy atom. The van der Waals surface area contributed by atoms with E-state index in [1.54, 1.807) is 29.2 Å². The number of carbonyl (C=O) groups excluding carboxylic acids is 1. The zero-order chi connectivity index (χ0) is 17.6. The van der Waals surface area contributed by atoms with Crippen LogP contribution < -0.4 is 10.1 Å². The lowest BCUT2D eigenvalue weighted by molar-refractivity contribution is -0.0246. The van der Waals surface area contributed by atoms with Crippen LogP contribution in [0.1, 0.15) is 17.6 Å². The summed E-state index contributed by atoms with van der Waals surface area (Å²) in [4.78, 5) is 14.2. The minimum absolute atomic E-state index is 0.172. The van der Waals surface area contributed by atoms with Gasteiger partial charge in [0, 0.05) is 12.2 Å². The molecule has 3 rings (SSSR count). The van der Waals surface area contributed by atoms with E-state index < -0.39 is 0 Å². The quantitative estimate of drug-likeness (QED) is 0.868. The van der Waals surface area contributed by atoms with Crippen molar-refractivity contribution in [1.29, 1.82) is 0 Å². The molecule has 6 nitrogen and oxygen atoms in total. The first-order valence-electron chi connectivity index (χ1n) is 8.06. The van der Waals surface area contributed by atoms with E-state index >= 15 is 0 Å². The predicted octanol–water partition coefficient (Wildman–Crippen LogP) is 3.21. The zero-order valence-corrected chi connectivity index (χ0v) is 14.0. The van der Waals surface area contributed by atoms with Crippen LogP contribution in [0.3, 0.4) is 0 Å². The van der Waals surface area contributed by atoms with Gasteiger partial charge in [-0.05, 0) is 43.3 Å². The standard InChI is InChI=1S/C19H20N2O4/c1-3-11-23-16-7-5-15(6-8-16)20-19(22)21-10-12-24-18(13-21)17-9-4-14(2)25-17/h1,4-9,18H,10-13H2,2H3,(H,20,22)/t18-/m1/s1. The molecule has 0 aliphatic carbocycles. The summed E-state index contributed by atoms with van der Waals surface area (Å²) in [7, 11) is 0. The number of furan rings is 1. The molecule has 6 heteroatoms. The van der Waals surface area contributed by atoms with Gasteiger partial charge in [-0.2, -0.15) is 0 Å². The van der Waals surface area contributed by atoms with Gasteiger partial charge in [0.05, 0.1) is 13.2 Å². The van der Waals surface area contributed by atoms with Crippen molar-refractivity contribution in [3.63, 3.8) is 0 Å². The minimum atomic E-state index is -0.243. The van der Waals surface area contributed by atoms with E-state index in [2.05, 4.69) is 11.2 Å². The summed E-state index contributed by atoms with van der Waals surface area (Å²) in [6, 6.07) is 10.7. The number of benzene rings is 1. The first-order chi connectivity index (χ1) is 12.2. The molecular formula is C19H20N2O4. The molecule has 1 aromatic heterocycles. The average Bonchev–Trinajstić information content (AvgIpc) is 3.08. The number of aryl methyl sites for hydroxylation is 1. The molecule has 1 aliphatic heterocycles. The van der Waals surface area contributed by atoms with Gasteiger partial charge in [0.1, 0.15) is 30.0 Å².